The van der Waals surface area contributed by atoms with Crippen LogP contribution in [0.25, 0.3) is 0 Å². The van der Waals surface area contributed by atoms with E-state index < -0.39 is 0 Å². The van der Waals surface area contributed by atoms with Gasteiger partial charge in [-0.05, 0) is 52.7 Å². The Bertz CT molecular complexity index is 297. The topological polar surface area (TPSA) is 26.7 Å². The van der Waals surface area contributed by atoms with Crippen molar-refractivity contribution in [1.82, 2.24) is 9.80 Å². The molecule has 0 fully saturated rings. The summed E-state index contributed by atoms with van der Waals surface area (Å²) in [4.78, 5) is 4.46. The molecule has 0 saturated carbocycles. The molecule has 98 valence electrons. The quantitative estimate of drug-likeness (QED) is 0.741. The number of aliphatic hydroxyl groups excluding tert-OH is 1. The molecule has 1 rings (SSSR count). The number of hydrogen-bond donors (Lipinski definition) is 1. The molecular formula is C14H26N2O. The first kappa shape index (κ1) is 14.4. The molecule has 0 spiro atoms. The average Bonchev–Trinajstić information content (AvgIpc) is 2.29. The molecule has 1 aliphatic carbocycles. The van der Waals surface area contributed by atoms with Crippen molar-refractivity contribution in [2.24, 2.45) is 0 Å². The lowest BCUT2D eigenvalue weighted by Crippen LogP contribution is -2.54. The lowest BCUT2D eigenvalue weighted by Gasteiger charge is -2.44. The molecule has 0 saturated heterocycles. The largest absolute Gasteiger partial charge is 0.393 e. The molecule has 0 radical (unpaired) electrons. The van der Waals surface area contributed by atoms with E-state index in [1.165, 1.54) is 5.57 Å². The molecule has 0 aromatic rings. The Morgan fingerprint density at radius 1 is 1.29 bits per heavy atom. The summed E-state index contributed by atoms with van der Waals surface area (Å²) in [5.41, 5.74) is 1.22. The summed E-state index contributed by atoms with van der Waals surface area (Å²) in [6.45, 7) is 2.02. The molecular weight excluding hydrogens is 212 g/mol. The Morgan fingerprint density at radius 3 is 2.24 bits per heavy atom. The summed E-state index contributed by atoms with van der Waals surface area (Å²) in [7, 11) is 8.41. The fraction of sp³-hybridized carbons (Fsp3) is 0.714. The Balaban J connectivity index is 2.74. The molecule has 0 aromatic carbocycles. The summed E-state index contributed by atoms with van der Waals surface area (Å²) in [5.74, 6) is 0. The standard InChI is InChI=1S/C14H26N2O/c1-6-13(17)11-12-7-9-14(10-8-12,15(2)3)16(4)5/h7-9,13,17H,6,10-11H2,1-5H3. The van der Waals surface area contributed by atoms with E-state index >= 15 is 0 Å². The number of likely N-dealkylation sites (N-methyl/N-ethyl adjacent to an activating group) is 2. The van der Waals surface area contributed by atoms with Crippen molar-refractivity contribution in [2.75, 3.05) is 28.2 Å². The maximum absolute atomic E-state index is 9.66. The van der Waals surface area contributed by atoms with Gasteiger partial charge in [0.25, 0.3) is 0 Å². The molecule has 1 atom stereocenters. The van der Waals surface area contributed by atoms with Crippen LogP contribution < -0.4 is 0 Å². The van der Waals surface area contributed by atoms with Crippen LogP contribution in [-0.4, -0.2) is 54.9 Å². The van der Waals surface area contributed by atoms with Crippen LogP contribution in [0.15, 0.2) is 23.8 Å². The predicted molar refractivity (Wildman–Crippen MR) is 72.9 cm³/mol. The van der Waals surface area contributed by atoms with Gasteiger partial charge >= 0.3 is 0 Å². The average molecular weight is 238 g/mol. The summed E-state index contributed by atoms with van der Waals surface area (Å²) < 4.78 is 0. The second-order valence-electron chi connectivity index (χ2n) is 5.25. The van der Waals surface area contributed by atoms with Gasteiger partial charge in [0.1, 0.15) is 0 Å². The molecule has 17 heavy (non-hydrogen) atoms. The van der Waals surface area contributed by atoms with Crippen LogP contribution in [0.5, 0.6) is 0 Å². The van der Waals surface area contributed by atoms with Crippen LogP contribution in [0.4, 0.5) is 0 Å². The van der Waals surface area contributed by atoms with Crippen molar-refractivity contribution in [2.45, 2.75) is 38.0 Å². The molecule has 0 aromatic heterocycles. The van der Waals surface area contributed by atoms with Gasteiger partial charge in [0.05, 0.1) is 11.8 Å². The highest BCUT2D eigenvalue weighted by atomic mass is 16.3. The minimum Gasteiger partial charge on any atom is -0.393 e. The van der Waals surface area contributed by atoms with E-state index in [-0.39, 0.29) is 11.8 Å². The van der Waals surface area contributed by atoms with Gasteiger partial charge in [0, 0.05) is 6.42 Å². The number of rotatable bonds is 5. The van der Waals surface area contributed by atoms with Gasteiger partial charge in [-0.3, -0.25) is 9.80 Å². The van der Waals surface area contributed by atoms with E-state index in [2.05, 4.69) is 56.2 Å². The van der Waals surface area contributed by atoms with E-state index in [4.69, 9.17) is 0 Å². The Labute approximate surface area is 105 Å². The van der Waals surface area contributed by atoms with Crippen LogP contribution in [-0.2, 0) is 0 Å². The molecule has 0 aliphatic heterocycles. The predicted octanol–water partition coefficient (Wildman–Crippen LogP) is 1.85. The number of allylic oxidation sites excluding steroid dienone is 1. The van der Waals surface area contributed by atoms with Gasteiger partial charge in [-0.15, -0.1) is 0 Å². The maximum Gasteiger partial charge on any atom is 0.0958 e. The second-order valence-corrected chi connectivity index (χ2v) is 5.25. The minimum absolute atomic E-state index is 0.0271. The first-order chi connectivity index (χ1) is 7.92. The van der Waals surface area contributed by atoms with Gasteiger partial charge in [-0.2, -0.15) is 0 Å². The van der Waals surface area contributed by atoms with Crippen molar-refractivity contribution < 1.29 is 5.11 Å². The second kappa shape index (κ2) is 5.80. The Kier molecular flexibility index (Phi) is 4.92. The molecule has 1 aliphatic rings. The molecule has 0 bridgehead atoms. The lowest BCUT2D eigenvalue weighted by atomic mass is 9.92. The molecule has 1 N–H and O–H groups in total. The summed E-state index contributed by atoms with van der Waals surface area (Å²) in [5, 5.41) is 9.66. The smallest absolute Gasteiger partial charge is 0.0958 e. The van der Waals surface area contributed by atoms with Gasteiger partial charge in [0.15, 0.2) is 0 Å². The van der Waals surface area contributed by atoms with Crippen LogP contribution >= 0.6 is 0 Å². The third kappa shape index (κ3) is 3.18. The lowest BCUT2D eigenvalue weighted by molar-refractivity contribution is 0.0514. The van der Waals surface area contributed by atoms with Gasteiger partial charge in [0.2, 0.25) is 0 Å². The monoisotopic (exact) mass is 238 g/mol. The van der Waals surface area contributed by atoms with Crippen molar-refractivity contribution in [1.29, 1.82) is 0 Å². The SMILES string of the molecule is CCC(O)CC1=CCC(N(C)C)(N(C)C)C=C1. The normalized spacial score (nSPS) is 20.8. The van der Waals surface area contributed by atoms with Crippen LogP contribution in [0.2, 0.25) is 0 Å². The number of nitrogens with zero attached hydrogens (tertiary/aromatic N) is 2. The van der Waals surface area contributed by atoms with Gasteiger partial charge < -0.3 is 5.11 Å². The Hall–Kier alpha value is -0.640. The van der Waals surface area contributed by atoms with Crippen molar-refractivity contribution >= 4 is 0 Å². The van der Waals surface area contributed by atoms with E-state index in [1.807, 2.05) is 6.92 Å². The zero-order valence-corrected chi connectivity index (χ0v) is 11.8. The molecule has 3 nitrogen and oxygen atoms in total. The molecule has 1 unspecified atom stereocenters. The summed E-state index contributed by atoms with van der Waals surface area (Å²) in [6, 6.07) is 0. The van der Waals surface area contributed by atoms with Crippen LogP contribution in [0, 0.1) is 0 Å². The number of hydrogen-bond acceptors (Lipinski definition) is 3. The van der Waals surface area contributed by atoms with Gasteiger partial charge in [-0.25, -0.2) is 0 Å². The fourth-order valence-corrected chi connectivity index (χ4v) is 2.29. The van der Waals surface area contributed by atoms with E-state index in [9.17, 15) is 5.11 Å². The minimum atomic E-state index is -0.211. The van der Waals surface area contributed by atoms with Gasteiger partial charge in [-0.1, -0.05) is 19.1 Å². The highest BCUT2D eigenvalue weighted by Crippen LogP contribution is 2.29. The van der Waals surface area contributed by atoms with Crippen molar-refractivity contribution in [3.63, 3.8) is 0 Å². The molecule has 0 heterocycles. The summed E-state index contributed by atoms with van der Waals surface area (Å²) >= 11 is 0. The fourth-order valence-electron chi connectivity index (χ4n) is 2.29. The van der Waals surface area contributed by atoms with E-state index in [1.54, 1.807) is 0 Å². The first-order valence-electron chi connectivity index (χ1n) is 6.33. The third-order valence-corrected chi connectivity index (χ3v) is 3.72. The highest BCUT2D eigenvalue weighted by molar-refractivity contribution is 5.29. The number of aliphatic hydroxyl groups is 1. The van der Waals surface area contributed by atoms with Crippen LogP contribution in [0.3, 0.4) is 0 Å². The zero-order chi connectivity index (χ0) is 13.1. The third-order valence-electron chi connectivity index (χ3n) is 3.72. The van der Waals surface area contributed by atoms with Crippen molar-refractivity contribution in [3.05, 3.63) is 23.8 Å². The van der Waals surface area contributed by atoms with Crippen LogP contribution in [0.1, 0.15) is 26.2 Å². The first-order valence-corrected chi connectivity index (χ1v) is 6.33. The van der Waals surface area contributed by atoms with E-state index in [0.717, 1.165) is 19.3 Å². The summed E-state index contributed by atoms with van der Waals surface area (Å²) in [6.07, 6.45) is 8.99. The Morgan fingerprint density at radius 2 is 1.88 bits per heavy atom. The molecule has 0 amide bonds. The highest BCUT2D eigenvalue weighted by Gasteiger charge is 2.32. The van der Waals surface area contributed by atoms with Crippen molar-refractivity contribution in [3.8, 4) is 0 Å². The maximum atomic E-state index is 9.66. The molecule has 3 heteroatoms. The zero-order valence-electron chi connectivity index (χ0n) is 11.8. The van der Waals surface area contributed by atoms with E-state index in [0.29, 0.717) is 0 Å².